The average molecular weight is 77.0 g/mol. The fraction of sp³-hybridized carbons (Fsp3) is 0.500. The predicted molar refractivity (Wildman–Crippen MR) is 22.8 cm³/mol. The maximum atomic E-state index is 4.38. The molecular formula is C2H6OP+. The summed E-state index contributed by atoms with van der Waals surface area (Å²) in [6, 6.07) is 0. The second-order valence-corrected chi connectivity index (χ2v) is 0.644. The fourth-order valence-corrected chi connectivity index (χ4v) is 0. The molecule has 0 aliphatic rings. The van der Waals surface area contributed by atoms with Gasteiger partial charge in [-0.15, -0.1) is 0 Å². The lowest BCUT2D eigenvalue weighted by atomic mass is 11.5. The van der Waals surface area contributed by atoms with Gasteiger partial charge in [0.15, 0.2) is 0 Å². The van der Waals surface area contributed by atoms with Crippen molar-refractivity contribution in [3.63, 3.8) is 0 Å². The van der Waals surface area contributed by atoms with Crippen molar-refractivity contribution in [3.05, 3.63) is 0 Å². The van der Waals surface area contributed by atoms with Crippen LogP contribution in [0.1, 0.15) is 0 Å². The molecule has 0 rings (SSSR count). The summed E-state index contributed by atoms with van der Waals surface area (Å²) in [6.07, 6.45) is 0. The van der Waals surface area contributed by atoms with Gasteiger partial charge in [-0.05, 0) is 0 Å². The molecule has 2 heteroatoms. The van der Waals surface area contributed by atoms with Gasteiger partial charge in [0.25, 0.3) is 0 Å². The molecule has 0 aliphatic carbocycles. The van der Waals surface area contributed by atoms with Gasteiger partial charge in [0, 0.05) is 7.11 Å². The van der Waals surface area contributed by atoms with Crippen LogP contribution in [0.4, 0.5) is 0 Å². The highest BCUT2D eigenvalue weighted by atomic mass is 31.0. The third-order valence-corrected chi connectivity index (χ3v) is 0.408. The average Bonchev–Trinajstić information content (AvgIpc) is 1.37. The minimum atomic E-state index is 1.54. The van der Waals surface area contributed by atoms with E-state index in [4.69, 9.17) is 0 Å². The van der Waals surface area contributed by atoms with Gasteiger partial charge in [-0.25, -0.2) is 0 Å². The molecule has 1 nitrogen and oxygen atoms in total. The van der Waals surface area contributed by atoms with Gasteiger partial charge in [0.1, 0.15) is 0 Å². The molecule has 1 atom stereocenters. The van der Waals surface area contributed by atoms with Gasteiger partial charge in [-0.2, -0.15) is 0 Å². The summed E-state index contributed by atoms with van der Waals surface area (Å²) in [4.78, 5) is 0. The van der Waals surface area contributed by atoms with Crippen molar-refractivity contribution in [2.75, 3.05) is 7.11 Å². The fourth-order valence-electron chi connectivity index (χ4n) is 0. The van der Waals surface area contributed by atoms with E-state index in [1.165, 1.54) is 0 Å². The Hall–Kier alpha value is 0.130. The third-order valence-electron chi connectivity index (χ3n) is 0.136. The first-order chi connectivity index (χ1) is 1.91. The van der Waals surface area contributed by atoms with E-state index < -0.39 is 0 Å². The van der Waals surface area contributed by atoms with Gasteiger partial charge in [-0.1, -0.05) is 0 Å². The number of hydrogen-bond donors (Lipinski definition) is 0. The van der Waals surface area contributed by atoms with E-state index >= 15 is 0 Å². The van der Waals surface area contributed by atoms with Gasteiger partial charge in [0.05, 0.1) is 8.86 Å². The van der Waals surface area contributed by atoms with Crippen molar-refractivity contribution in [3.8, 4) is 0 Å². The summed E-state index contributed by atoms with van der Waals surface area (Å²) in [5, 5.41) is 0. The standard InChI is InChI=1S/C2H5OP/c1-3-2-4/h2,4H,1H3/p+1. The van der Waals surface area contributed by atoms with E-state index in [0.717, 1.165) is 0 Å². The van der Waals surface area contributed by atoms with Crippen molar-refractivity contribution in [2.45, 2.75) is 0 Å². The highest BCUT2D eigenvalue weighted by Crippen LogP contribution is 1.51. The van der Waals surface area contributed by atoms with Crippen molar-refractivity contribution < 1.29 is 4.74 Å². The smallest absolute Gasteiger partial charge is 0.207 e. The molecule has 0 radical (unpaired) electrons. The quantitative estimate of drug-likeness (QED) is 0.408. The van der Waals surface area contributed by atoms with Crippen LogP contribution in [-0.4, -0.2) is 13.1 Å². The second kappa shape index (κ2) is 3.13. The predicted octanol–water partition coefficient (Wildman–Crippen LogP) is 0.268. The molecule has 0 fully saturated rings. The zero-order chi connectivity index (χ0) is 3.41. The summed E-state index contributed by atoms with van der Waals surface area (Å²) in [5.74, 6) is 1.54. The van der Waals surface area contributed by atoms with E-state index in [9.17, 15) is 0 Å². The van der Waals surface area contributed by atoms with Crippen LogP contribution in [0.3, 0.4) is 0 Å². The van der Waals surface area contributed by atoms with Gasteiger partial charge in [0.2, 0.25) is 5.98 Å². The van der Waals surface area contributed by atoms with Gasteiger partial charge in [-0.3, -0.25) is 0 Å². The zero-order valence-electron chi connectivity index (χ0n) is 2.56. The SMILES string of the molecule is COC=[PH2+]. The Labute approximate surface area is 27.8 Å². The Morgan fingerprint density at radius 1 is 2.00 bits per heavy atom. The molecule has 0 aromatic carbocycles. The van der Waals surface area contributed by atoms with Gasteiger partial charge >= 0.3 is 0 Å². The Morgan fingerprint density at radius 2 is 2.25 bits per heavy atom. The second-order valence-electron chi connectivity index (χ2n) is 0.372. The lowest BCUT2D eigenvalue weighted by Gasteiger charge is -1.59. The lowest BCUT2D eigenvalue weighted by molar-refractivity contribution is 0.432. The Kier molecular flexibility index (Phi) is 3.23. The molecule has 0 aromatic heterocycles. The monoisotopic (exact) mass is 77.0 g/mol. The summed E-state index contributed by atoms with van der Waals surface area (Å²) < 4.78 is 4.38. The molecular weight excluding hydrogens is 71.0 g/mol. The number of ether oxygens (including phenoxy) is 1. The molecule has 0 heterocycles. The maximum Gasteiger partial charge on any atom is 0.207 e. The number of methoxy groups -OCH3 is 1. The van der Waals surface area contributed by atoms with Crippen molar-refractivity contribution in [1.29, 1.82) is 0 Å². The highest BCUT2D eigenvalue weighted by Gasteiger charge is 1.48. The van der Waals surface area contributed by atoms with Crippen LogP contribution in [-0.2, 0) is 4.74 Å². The van der Waals surface area contributed by atoms with E-state index in [1.54, 1.807) is 13.1 Å². The van der Waals surface area contributed by atoms with Crippen LogP contribution < -0.4 is 0 Å². The first kappa shape index (κ1) is 4.13. The van der Waals surface area contributed by atoms with Crippen molar-refractivity contribution in [2.24, 2.45) is 0 Å². The van der Waals surface area contributed by atoms with E-state index in [2.05, 4.69) is 13.6 Å². The van der Waals surface area contributed by atoms with Crippen LogP contribution in [0.5, 0.6) is 0 Å². The minimum absolute atomic E-state index is 1.54. The Bertz CT molecular complexity index is 20.0. The number of rotatable bonds is 1. The van der Waals surface area contributed by atoms with Crippen LogP contribution in [0.15, 0.2) is 0 Å². The van der Waals surface area contributed by atoms with Gasteiger partial charge < -0.3 is 4.74 Å². The minimum Gasteiger partial charge on any atom is -0.320 e. The molecule has 0 aliphatic heterocycles. The molecule has 0 spiro atoms. The summed E-state index contributed by atoms with van der Waals surface area (Å²) in [5.41, 5.74) is 0. The van der Waals surface area contributed by atoms with Crippen LogP contribution in [0.2, 0.25) is 0 Å². The highest BCUT2D eigenvalue weighted by molar-refractivity contribution is 7.17. The van der Waals surface area contributed by atoms with E-state index in [0.29, 0.717) is 0 Å². The number of hydrogen-bond acceptors (Lipinski definition) is 1. The van der Waals surface area contributed by atoms with E-state index in [1.807, 2.05) is 0 Å². The molecule has 0 saturated heterocycles. The largest absolute Gasteiger partial charge is 0.320 e. The topological polar surface area (TPSA) is 9.23 Å². The molecule has 0 bridgehead atoms. The molecule has 0 saturated carbocycles. The van der Waals surface area contributed by atoms with Crippen molar-refractivity contribution >= 4 is 14.8 Å². The normalized spacial score (nSPS) is 6.25. The van der Waals surface area contributed by atoms with Crippen LogP contribution in [0.25, 0.3) is 0 Å². The lowest BCUT2D eigenvalue weighted by Crippen LogP contribution is -1.63. The summed E-state index contributed by atoms with van der Waals surface area (Å²) >= 11 is 0. The molecule has 4 heavy (non-hydrogen) atoms. The molecule has 1 unspecified atom stereocenters. The summed E-state index contributed by atoms with van der Waals surface area (Å²) in [7, 11) is 3.91. The maximum absolute atomic E-state index is 4.38. The first-order valence-electron chi connectivity index (χ1n) is 0.977. The van der Waals surface area contributed by atoms with Crippen molar-refractivity contribution in [1.82, 2.24) is 0 Å². The molecule has 24 valence electrons. The summed E-state index contributed by atoms with van der Waals surface area (Å²) in [6.45, 7) is 0. The van der Waals surface area contributed by atoms with Crippen LogP contribution in [0, 0.1) is 0 Å². The molecule has 0 aromatic rings. The third kappa shape index (κ3) is 2.13. The molecule has 0 N–H and O–H groups in total. The Balaban J connectivity index is 2.30. The molecule has 0 amide bonds. The van der Waals surface area contributed by atoms with E-state index in [-0.39, 0.29) is 0 Å². The zero-order valence-corrected chi connectivity index (χ0v) is 3.72. The van der Waals surface area contributed by atoms with Crippen LogP contribution >= 0.6 is 8.86 Å². The Morgan fingerprint density at radius 3 is 2.25 bits per heavy atom. The first-order valence-corrected chi connectivity index (χ1v) is 1.64.